The molecule has 1 aliphatic heterocycles. The highest BCUT2D eigenvalue weighted by molar-refractivity contribution is 5.79. The lowest BCUT2D eigenvalue weighted by Crippen LogP contribution is -2.65. The van der Waals surface area contributed by atoms with Crippen LogP contribution in [-0.4, -0.2) is 62.2 Å². The first kappa shape index (κ1) is 30.3. The van der Waals surface area contributed by atoms with Crippen molar-refractivity contribution in [3.63, 3.8) is 0 Å². The molecule has 1 saturated heterocycles. The van der Waals surface area contributed by atoms with Crippen molar-refractivity contribution < 1.29 is 19.0 Å². The standard InChI is InChI=1S/C34H38FN5O3/c1-23(2)34(42)40-24(3)20-39(21-28-29(35)11-7-12-31(28)43-27-9-5-4-6-10-27)22-30(40)33(41)38-19-25-13-15-26(16-14-25)32-36-17-8-18-37-32/h4-18,23-24,30,33,38,41H,19-22H2,1-3H3/t24-,30-,33?/m1/s1. The number of aromatic nitrogens is 2. The largest absolute Gasteiger partial charge is 0.457 e. The minimum atomic E-state index is -1.01. The van der Waals surface area contributed by atoms with Crippen LogP contribution in [0.15, 0.2) is 91.3 Å². The number of aliphatic hydroxyl groups is 1. The number of nitrogens with one attached hydrogen (secondary N) is 1. The Bertz CT molecular complexity index is 1490. The van der Waals surface area contributed by atoms with E-state index in [-0.39, 0.29) is 30.2 Å². The van der Waals surface area contributed by atoms with Gasteiger partial charge in [-0.25, -0.2) is 14.4 Å². The highest BCUT2D eigenvalue weighted by atomic mass is 19.1. The van der Waals surface area contributed by atoms with E-state index in [1.165, 1.54) is 6.07 Å². The topological polar surface area (TPSA) is 90.8 Å². The number of nitrogens with zero attached hydrogens (tertiary/aromatic N) is 4. The number of amides is 1. The van der Waals surface area contributed by atoms with E-state index in [2.05, 4.69) is 20.2 Å². The van der Waals surface area contributed by atoms with Crippen molar-refractivity contribution in [3.8, 4) is 22.9 Å². The van der Waals surface area contributed by atoms with Gasteiger partial charge in [-0.2, -0.15) is 0 Å². The fraction of sp³-hybridized carbons (Fsp3) is 0.324. The average molecular weight is 584 g/mol. The first-order chi connectivity index (χ1) is 20.8. The van der Waals surface area contributed by atoms with Crippen LogP contribution in [0.1, 0.15) is 31.9 Å². The van der Waals surface area contributed by atoms with Crippen LogP contribution < -0.4 is 10.1 Å². The van der Waals surface area contributed by atoms with Crippen LogP contribution in [0.5, 0.6) is 11.5 Å². The number of aliphatic hydroxyl groups excluding tert-OH is 1. The predicted octanol–water partition coefficient (Wildman–Crippen LogP) is 5.24. The van der Waals surface area contributed by atoms with Crippen LogP contribution in [0.3, 0.4) is 0 Å². The Morgan fingerprint density at radius 1 is 1.00 bits per heavy atom. The molecule has 1 fully saturated rings. The molecule has 0 spiro atoms. The zero-order valence-corrected chi connectivity index (χ0v) is 24.7. The third kappa shape index (κ3) is 7.43. The Kier molecular flexibility index (Phi) is 9.76. The molecule has 1 aliphatic rings. The van der Waals surface area contributed by atoms with Crippen LogP contribution in [0.2, 0.25) is 0 Å². The summed E-state index contributed by atoms with van der Waals surface area (Å²) in [5, 5.41) is 14.6. The lowest BCUT2D eigenvalue weighted by Gasteiger charge is -2.48. The first-order valence-corrected chi connectivity index (χ1v) is 14.6. The highest BCUT2D eigenvalue weighted by Crippen LogP contribution is 2.30. The van der Waals surface area contributed by atoms with E-state index < -0.39 is 12.3 Å². The molecular weight excluding hydrogens is 545 g/mol. The summed E-state index contributed by atoms with van der Waals surface area (Å²) in [7, 11) is 0. The Hall–Kier alpha value is -4.18. The number of halogens is 1. The SMILES string of the molecule is CC(C)C(=O)N1[C@H](C)CN(Cc2c(F)cccc2Oc2ccccc2)C[C@@H]1C(O)NCc1ccc(-c2ncccn2)cc1. The summed E-state index contributed by atoms with van der Waals surface area (Å²) in [6.45, 7) is 7.26. The second kappa shape index (κ2) is 13.9. The number of hydrogen-bond acceptors (Lipinski definition) is 7. The van der Waals surface area contributed by atoms with Gasteiger partial charge in [0.05, 0.1) is 6.04 Å². The minimum absolute atomic E-state index is 0.0239. The third-order valence-electron chi connectivity index (χ3n) is 7.63. The molecule has 224 valence electrons. The smallest absolute Gasteiger partial charge is 0.225 e. The molecule has 43 heavy (non-hydrogen) atoms. The van der Waals surface area contributed by atoms with Gasteiger partial charge in [0.15, 0.2) is 5.82 Å². The van der Waals surface area contributed by atoms with Crippen LogP contribution in [0, 0.1) is 11.7 Å². The Balaban J connectivity index is 1.31. The number of carbonyl (C=O) groups excluding carboxylic acids is 1. The van der Waals surface area contributed by atoms with Gasteiger partial charge in [-0.3, -0.25) is 15.0 Å². The Morgan fingerprint density at radius 3 is 2.42 bits per heavy atom. The van der Waals surface area contributed by atoms with Crippen LogP contribution in [0.4, 0.5) is 4.39 Å². The van der Waals surface area contributed by atoms with E-state index in [0.29, 0.717) is 42.5 Å². The van der Waals surface area contributed by atoms with Crippen LogP contribution in [0.25, 0.3) is 11.4 Å². The molecule has 1 aromatic heterocycles. The maximum atomic E-state index is 15.2. The van der Waals surface area contributed by atoms with E-state index in [1.807, 2.05) is 75.4 Å². The minimum Gasteiger partial charge on any atom is -0.457 e. The fourth-order valence-electron chi connectivity index (χ4n) is 5.48. The molecule has 0 saturated carbocycles. The normalized spacial score (nSPS) is 18.0. The van der Waals surface area contributed by atoms with Crippen LogP contribution in [-0.2, 0) is 17.9 Å². The number of hydrogen-bond donors (Lipinski definition) is 2. The number of piperazine rings is 1. The maximum Gasteiger partial charge on any atom is 0.225 e. The van der Waals surface area contributed by atoms with Gasteiger partial charge in [0, 0.05) is 61.7 Å². The summed E-state index contributed by atoms with van der Waals surface area (Å²) >= 11 is 0. The van der Waals surface area contributed by atoms with Crippen molar-refractivity contribution >= 4 is 5.91 Å². The number of rotatable bonds is 10. The second-order valence-electron chi connectivity index (χ2n) is 11.2. The average Bonchev–Trinajstić information content (AvgIpc) is 3.02. The van der Waals surface area contributed by atoms with E-state index in [0.717, 1.165) is 11.1 Å². The molecule has 1 amide bonds. The van der Waals surface area contributed by atoms with Gasteiger partial charge >= 0.3 is 0 Å². The van der Waals surface area contributed by atoms with Crippen LogP contribution >= 0.6 is 0 Å². The lowest BCUT2D eigenvalue weighted by atomic mass is 10.0. The predicted molar refractivity (Wildman–Crippen MR) is 163 cm³/mol. The summed E-state index contributed by atoms with van der Waals surface area (Å²) in [6, 6.07) is 23.0. The zero-order valence-electron chi connectivity index (χ0n) is 24.7. The van der Waals surface area contributed by atoms with Crippen molar-refractivity contribution in [2.24, 2.45) is 5.92 Å². The van der Waals surface area contributed by atoms with Gasteiger partial charge in [-0.15, -0.1) is 0 Å². The molecule has 3 aromatic carbocycles. The molecule has 3 atom stereocenters. The molecule has 2 heterocycles. The fourth-order valence-corrected chi connectivity index (χ4v) is 5.48. The van der Waals surface area contributed by atoms with Crippen molar-refractivity contribution in [3.05, 3.63) is 108 Å². The number of benzene rings is 3. The van der Waals surface area contributed by atoms with Gasteiger partial charge in [0.2, 0.25) is 5.91 Å². The number of ether oxygens (including phenoxy) is 1. The molecule has 8 nitrogen and oxygen atoms in total. The molecular formula is C34H38FN5O3. The first-order valence-electron chi connectivity index (χ1n) is 14.6. The van der Waals surface area contributed by atoms with E-state index in [9.17, 15) is 9.90 Å². The summed E-state index contributed by atoms with van der Waals surface area (Å²) in [5.74, 6) is 1.10. The number of carbonyl (C=O) groups is 1. The summed E-state index contributed by atoms with van der Waals surface area (Å²) in [5.41, 5.74) is 2.31. The summed E-state index contributed by atoms with van der Waals surface area (Å²) in [4.78, 5) is 25.8. The van der Waals surface area contributed by atoms with Gasteiger partial charge < -0.3 is 14.7 Å². The Morgan fingerprint density at radius 2 is 1.72 bits per heavy atom. The molecule has 4 aromatic rings. The van der Waals surface area contributed by atoms with Crippen molar-refractivity contribution in [1.29, 1.82) is 0 Å². The summed E-state index contributed by atoms with van der Waals surface area (Å²) < 4.78 is 21.2. The van der Waals surface area contributed by atoms with Crippen molar-refractivity contribution in [2.75, 3.05) is 13.1 Å². The maximum absolute atomic E-state index is 15.2. The third-order valence-corrected chi connectivity index (χ3v) is 7.63. The molecule has 0 radical (unpaired) electrons. The molecule has 0 aliphatic carbocycles. The molecule has 2 N–H and O–H groups in total. The van der Waals surface area contributed by atoms with Gasteiger partial charge in [0.25, 0.3) is 0 Å². The Labute approximate surface area is 252 Å². The summed E-state index contributed by atoms with van der Waals surface area (Å²) in [6.07, 6.45) is 2.40. The molecule has 1 unspecified atom stereocenters. The van der Waals surface area contributed by atoms with Gasteiger partial charge in [-0.05, 0) is 42.8 Å². The van der Waals surface area contributed by atoms with E-state index in [1.54, 1.807) is 35.5 Å². The zero-order chi connectivity index (χ0) is 30.3. The number of para-hydroxylation sites is 1. The molecule has 0 bridgehead atoms. The monoisotopic (exact) mass is 583 g/mol. The van der Waals surface area contributed by atoms with E-state index >= 15 is 4.39 Å². The van der Waals surface area contributed by atoms with Gasteiger partial charge in [0.1, 0.15) is 23.5 Å². The van der Waals surface area contributed by atoms with Gasteiger partial charge in [-0.1, -0.05) is 62.4 Å². The second-order valence-corrected chi connectivity index (χ2v) is 11.2. The van der Waals surface area contributed by atoms with E-state index in [4.69, 9.17) is 4.74 Å². The van der Waals surface area contributed by atoms with Crippen molar-refractivity contribution in [1.82, 2.24) is 25.1 Å². The molecule has 9 heteroatoms. The highest BCUT2D eigenvalue weighted by Gasteiger charge is 2.40. The quantitative estimate of drug-likeness (QED) is 0.247. The van der Waals surface area contributed by atoms with Crippen molar-refractivity contribution in [2.45, 2.75) is 52.2 Å². The molecule has 5 rings (SSSR count). The lowest BCUT2D eigenvalue weighted by molar-refractivity contribution is -0.149.